The molecule has 1 aromatic carbocycles. The van der Waals surface area contributed by atoms with Gasteiger partial charge in [0.05, 0.1) is 6.61 Å². The topological polar surface area (TPSA) is 35.2 Å². The highest BCUT2D eigenvalue weighted by Crippen LogP contribution is 2.22. The first-order valence-electron chi connectivity index (χ1n) is 6.79. The molecule has 2 aromatic rings. The predicted molar refractivity (Wildman–Crippen MR) is 81.8 cm³/mol. The summed E-state index contributed by atoms with van der Waals surface area (Å²) in [5.74, 6) is 0.922. The molecule has 0 aliphatic heterocycles. The van der Waals surface area contributed by atoms with Gasteiger partial charge in [0.2, 0.25) is 0 Å². The van der Waals surface area contributed by atoms with Crippen molar-refractivity contribution in [3.05, 3.63) is 52.2 Å². The molecule has 0 aliphatic rings. The first-order valence-corrected chi connectivity index (χ1v) is 7.73. The van der Waals surface area contributed by atoms with Crippen molar-refractivity contribution in [2.75, 3.05) is 6.61 Å². The van der Waals surface area contributed by atoms with E-state index in [4.69, 9.17) is 10.5 Å². The van der Waals surface area contributed by atoms with Crippen molar-refractivity contribution in [2.45, 2.75) is 32.2 Å². The van der Waals surface area contributed by atoms with Crippen LogP contribution in [0.4, 0.5) is 0 Å². The maximum Gasteiger partial charge on any atom is 0.119 e. The number of ether oxygens (including phenoxy) is 1. The van der Waals surface area contributed by atoms with Crippen molar-refractivity contribution >= 4 is 11.3 Å². The van der Waals surface area contributed by atoms with Crippen LogP contribution in [-0.2, 0) is 6.42 Å². The quantitative estimate of drug-likeness (QED) is 0.823. The van der Waals surface area contributed by atoms with Gasteiger partial charge in [0.1, 0.15) is 5.75 Å². The molecule has 1 heterocycles. The zero-order valence-corrected chi connectivity index (χ0v) is 12.2. The molecule has 0 bridgehead atoms. The van der Waals surface area contributed by atoms with Crippen LogP contribution in [0, 0.1) is 0 Å². The fourth-order valence-electron chi connectivity index (χ4n) is 1.98. The molecule has 0 amide bonds. The molecule has 2 rings (SSSR count). The van der Waals surface area contributed by atoms with Crippen molar-refractivity contribution < 1.29 is 4.74 Å². The van der Waals surface area contributed by atoms with Gasteiger partial charge in [0, 0.05) is 6.04 Å². The van der Waals surface area contributed by atoms with Gasteiger partial charge in [-0.15, -0.1) is 0 Å². The highest BCUT2D eigenvalue weighted by Gasteiger charge is 2.07. The van der Waals surface area contributed by atoms with E-state index in [1.54, 1.807) is 11.3 Å². The van der Waals surface area contributed by atoms with E-state index in [-0.39, 0.29) is 6.04 Å². The molecular weight excluding hydrogens is 254 g/mol. The summed E-state index contributed by atoms with van der Waals surface area (Å²) >= 11 is 1.74. The van der Waals surface area contributed by atoms with Gasteiger partial charge in [0.15, 0.2) is 0 Å². The third-order valence-electron chi connectivity index (χ3n) is 3.08. The summed E-state index contributed by atoms with van der Waals surface area (Å²) in [6.07, 6.45) is 3.02. The molecule has 0 saturated heterocycles. The zero-order valence-electron chi connectivity index (χ0n) is 11.3. The van der Waals surface area contributed by atoms with Gasteiger partial charge in [-0.2, -0.15) is 11.3 Å². The Balaban J connectivity index is 1.92. The minimum absolute atomic E-state index is 0.0741. The lowest BCUT2D eigenvalue weighted by Gasteiger charge is -2.13. The first-order chi connectivity index (χ1) is 9.29. The normalized spacial score (nSPS) is 12.3. The van der Waals surface area contributed by atoms with Crippen LogP contribution in [0.5, 0.6) is 5.75 Å². The van der Waals surface area contributed by atoms with E-state index in [1.807, 2.05) is 12.1 Å². The molecule has 3 heteroatoms. The van der Waals surface area contributed by atoms with Crippen molar-refractivity contribution in [2.24, 2.45) is 5.73 Å². The van der Waals surface area contributed by atoms with Gasteiger partial charge in [-0.1, -0.05) is 19.1 Å². The van der Waals surface area contributed by atoms with Crippen molar-refractivity contribution in [3.63, 3.8) is 0 Å². The van der Waals surface area contributed by atoms with E-state index in [1.165, 1.54) is 5.56 Å². The maximum absolute atomic E-state index is 6.26. The van der Waals surface area contributed by atoms with Gasteiger partial charge in [-0.3, -0.25) is 0 Å². The zero-order chi connectivity index (χ0) is 13.5. The molecule has 19 heavy (non-hydrogen) atoms. The molecule has 0 fully saturated rings. The van der Waals surface area contributed by atoms with Crippen molar-refractivity contribution in [1.82, 2.24) is 0 Å². The van der Waals surface area contributed by atoms with Crippen LogP contribution in [0.1, 0.15) is 36.9 Å². The summed E-state index contributed by atoms with van der Waals surface area (Å²) in [5, 5.41) is 4.30. The molecule has 1 aromatic heterocycles. The van der Waals surface area contributed by atoms with E-state index >= 15 is 0 Å². The van der Waals surface area contributed by atoms with Crippen LogP contribution in [-0.4, -0.2) is 6.61 Å². The number of thiophene rings is 1. The summed E-state index contributed by atoms with van der Waals surface area (Å²) < 4.78 is 5.64. The standard InChI is InChI=1S/C16H21NOS/c1-2-9-18-15-5-3-4-14(11-15)16(17)7-6-13-8-10-19-12-13/h3-5,8,10-12,16H,2,6-7,9,17H2,1H3. The van der Waals surface area contributed by atoms with Gasteiger partial charge in [-0.25, -0.2) is 0 Å². The van der Waals surface area contributed by atoms with E-state index in [0.717, 1.165) is 37.2 Å². The van der Waals surface area contributed by atoms with Gasteiger partial charge in [0.25, 0.3) is 0 Å². The van der Waals surface area contributed by atoms with Crippen LogP contribution < -0.4 is 10.5 Å². The first kappa shape index (κ1) is 14.1. The minimum atomic E-state index is 0.0741. The fraction of sp³-hybridized carbons (Fsp3) is 0.375. The van der Waals surface area contributed by atoms with E-state index in [9.17, 15) is 0 Å². The second kappa shape index (κ2) is 7.31. The Labute approximate surface area is 119 Å². The Kier molecular flexibility index (Phi) is 5.43. The van der Waals surface area contributed by atoms with Crippen molar-refractivity contribution in [3.8, 4) is 5.75 Å². The molecule has 0 aliphatic carbocycles. The van der Waals surface area contributed by atoms with Gasteiger partial charge < -0.3 is 10.5 Å². The second-order valence-corrected chi connectivity index (χ2v) is 5.48. The Morgan fingerprint density at radius 3 is 2.95 bits per heavy atom. The largest absolute Gasteiger partial charge is 0.494 e. The number of nitrogens with two attached hydrogens (primary N) is 1. The Morgan fingerprint density at radius 2 is 2.21 bits per heavy atom. The van der Waals surface area contributed by atoms with Crippen LogP contribution in [0.25, 0.3) is 0 Å². The summed E-state index contributed by atoms with van der Waals surface area (Å²) in [6.45, 7) is 2.87. The molecule has 1 unspecified atom stereocenters. The third kappa shape index (κ3) is 4.37. The molecule has 1 atom stereocenters. The van der Waals surface area contributed by atoms with Crippen LogP contribution in [0.3, 0.4) is 0 Å². The molecule has 0 spiro atoms. The number of aryl methyl sites for hydroxylation is 1. The highest BCUT2D eigenvalue weighted by atomic mass is 32.1. The summed E-state index contributed by atoms with van der Waals surface area (Å²) in [5.41, 5.74) is 8.79. The second-order valence-electron chi connectivity index (χ2n) is 4.70. The van der Waals surface area contributed by atoms with Crippen LogP contribution in [0.15, 0.2) is 41.1 Å². The maximum atomic E-state index is 6.26. The number of rotatable bonds is 7. The average Bonchev–Trinajstić information content (AvgIpc) is 2.96. The molecule has 0 saturated carbocycles. The van der Waals surface area contributed by atoms with E-state index in [0.29, 0.717) is 0 Å². The lowest BCUT2D eigenvalue weighted by atomic mass is 10.0. The SMILES string of the molecule is CCCOc1cccc(C(N)CCc2ccsc2)c1. The lowest BCUT2D eigenvalue weighted by molar-refractivity contribution is 0.317. The summed E-state index contributed by atoms with van der Waals surface area (Å²) in [6, 6.07) is 10.4. The van der Waals surface area contributed by atoms with E-state index in [2.05, 4.69) is 35.9 Å². The van der Waals surface area contributed by atoms with Gasteiger partial charge in [-0.05, 0) is 59.3 Å². The van der Waals surface area contributed by atoms with Gasteiger partial charge >= 0.3 is 0 Å². The monoisotopic (exact) mass is 275 g/mol. The molecule has 2 nitrogen and oxygen atoms in total. The fourth-order valence-corrected chi connectivity index (χ4v) is 2.68. The summed E-state index contributed by atoms with van der Waals surface area (Å²) in [7, 11) is 0. The van der Waals surface area contributed by atoms with Crippen LogP contribution in [0.2, 0.25) is 0 Å². The van der Waals surface area contributed by atoms with Crippen molar-refractivity contribution in [1.29, 1.82) is 0 Å². The number of hydrogen-bond acceptors (Lipinski definition) is 3. The smallest absolute Gasteiger partial charge is 0.119 e. The molecule has 2 N–H and O–H groups in total. The minimum Gasteiger partial charge on any atom is -0.494 e. The van der Waals surface area contributed by atoms with E-state index < -0.39 is 0 Å². The third-order valence-corrected chi connectivity index (χ3v) is 3.82. The Hall–Kier alpha value is -1.32. The summed E-state index contributed by atoms with van der Waals surface area (Å²) in [4.78, 5) is 0. The lowest BCUT2D eigenvalue weighted by Crippen LogP contribution is -2.11. The highest BCUT2D eigenvalue weighted by molar-refractivity contribution is 7.07. The number of benzene rings is 1. The Morgan fingerprint density at radius 1 is 1.32 bits per heavy atom. The predicted octanol–water partition coefficient (Wildman–Crippen LogP) is 4.17. The molecule has 102 valence electrons. The average molecular weight is 275 g/mol. The number of hydrogen-bond donors (Lipinski definition) is 1. The molecule has 0 radical (unpaired) electrons. The Bertz CT molecular complexity index is 481. The molecular formula is C16H21NOS. The van der Waals surface area contributed by atoms with Crippen LogP contribution >= 0.6 is 11.3 Å².